The molecule has 1 fully saturated rings. The van der Waals surface area contributed by atoms with Crippen molar-refractivity contribution in [3.05, 3.63) is 54.0 Å². The van der Waals surface area contributed by atoms with E-state index in [-0.39, 0.29) is 18.1 Å². The van der Waals surface area contributed by atoms with Gasteiger partial charge in [0.1, 0.15) is 11.6 Å². The molecule has 24 heavy (non-hydrogen) atoms. The Morgan fingerprint density at radius 1 is 1.21 bits per heavy atom. The highest BCUT2D eigenvalue weighted by atomic mass is 19.1. The molecule has 0 bridgehead atoms. The van der Waals surface area contributed by atoms with Gasteiger partial charge in [-0.15, -0.1) is 0 Å². The number of halogens is 1. The molecule has 1 amide bonds. The maximum absolute atomic E-state index is 12.9. The number of rotatable bonds is 4. The Hall–Kier alpha value is -2.43. The van der Waals surface area contributed by atoms with Gasteiger partial charge in [0.25, 0.3) is 0 Å². The van der Waals surface area contributed by atoms with E-state index in [1.54, 1.807) is 12.1 Å². The number of pyridine rings is 1. The molecule has 0 saturated carbocycles. The number of piperidine rings is 1. The number of amides is 1. The smallest absolute Gasteiger partial charge is 0.229 e. The topological polar surface area (TPSA) is 45.2 Å². The van der Waals surface area contributed by atoms with E-state index in [0.717, 1.165) is 30.3 Å². The first-order valence-electron chi connectivity index (χ1n) is 8.35. The monoisotopic (exact) mass is 327 g/mol. The largest absolute Gasteiger partial charge is 0.370 e. The van der Waals surface area contributed by atoms with E-state index in [1.807, 2.05) is 18.3 Å². The SMILES string of the molecule is CC1CCN(c2ccc(NC(=O)Cc3ccc(F)cc3)nc2)CC1. The quantitative estimate of drug-likeness (QED) is 0.932. The summed E-state index contributed by atoms with van der Waals surface area (Å²) in [5.41, 5.74) is 1.87. The van der Waals surface area contributed by atoms with Crippen LogP contribution in [0.4, 0.5) is 15.9 Å². The summed E-state index contributed by atoms with van der Waals surface area (Å²) in [4.78, 5) is 18.7. The Morgan fingerprint density at radius 2 is 1.92 bits per heavy atom. The lowest BCUT2D eigenvalue weighted by atomic mass is 9.99. The summed E-state index contributed by atoms with van der Waals surface area (Å²) in [6, 6.07) is 9.77. The third-order valence-electron chi connectivity index (χ3n) is 4.44. The number of nitrogens with zero attached hydrogens (tertiary/aromatic N) is 2. The van der Waals surface area contributed by atoms with Gasteiger partial charge in [-0.25, -0.2) is 9.37 Å². The molecule has 0 aliphatic carbocycles. The molecule has 0 spiro atoms. The van der Waals surface area contributed by atoms with Gasteiger partial charge in [-0.1, -0.05) is 19.1 Å². The molecule has 1 aromatic carbocycles. The van der Waals surface area contributed by atoms with Crippen LogP contribution >= 0.6 is 0 Å². The van der Waals surface area contributed by atoms with Crippen molar-refractivity contribution in [1.82, 2.24) is 4.98 Å². The highest BCUT2D eigenvalue weighted by molar-refractivity contribution is 5.91. The van der Waals surface area contributed by atoms with E-state index in [9.17, 15) is 9.18 Å². The minimum Gasteiger partial charge on any atom is -0.370 e. The van der Waals surface area contributed by atoms with Gasteiger partial charge in [0, 0.05) is 13.1 Å². The van der Waals surface area contributed by atoms with Crippen molar-refractivity contribution in [3.63, 3.8) is 0 Å². The summed E-state index contributed by atoms with van der Waals surface area (Å²) < 4.78 is 12.9. The Morgan fingerprint density at radius 3 is 2.54 bits per heavy atom. The van der Waals surface area contributed by atoms with Gasteiger partial charge >= 0.3 is 0 Å². The number of carbonyl (C=O) groups is 1. The van der Waals surface area contributed by atoms with Crippen molar-refractivity contribution in [1.29, 1.82) is 0 Å². The van der Waals surface area contributed by atoms with E-state index in [4.69, 9.17) is 0 Å². The van der Waals surface area contributed by atoms with Crippen LogP contribution in [-0.2, 0) is 11.2 Å². The fraction of sp³-hybridized carbons (Fsp3) is 0.368. The Labute approximate surface area is 141 Å². The maximum atomic E-state index is 12.9. The number of aromatic nitrogens is 1. The van der Waals surface area contributed by atoms with Crippen LogP contribution < -0.4 is 10.2 Å². The Balaban J connectivity index is 1.55. The fourth-order valence-corrected chi connectivity index (χ4v) is 2.89. The summed E-state index contributed by atoms with van der Waals surface area (Å²) >= 11 is 0. The van der Waals surface area contributed by atoms with E-state index in [1.165, 1.54) is 25.0 Å². The van der Waals surface area contributed by atoms with E-state index >= 15 is 0 Å². The lowest BCUT2D eigenvalue weighted by molar-refractivity contribution is -0.115. The molecular formula is C19H22FN3O. The van der Waals surface area contributed by atoms with Crippen molar-refractivity contribution in [2.75, 3.05) is 23.3 Å². The number of anilines is 2. The van der Waals surface area contributed by atoms with Crippen LogP contribution in [0.1, 0.15) is 25.3 Å². The van der Waals surface area contributed by atoms with Gasteiger partial charge in [-0.2, -0.15) is 0 Å². The molecule has 2 aromatic rings. The normalized spacial score (nSPS) is 15.3. The fourth-order valence-electron chi connectivity index (χ4n) is 2.89. The predicted octanol–water partition coefficient (Wildman–Crippen LogP) is 3.64. The second-order valence-electron chi connectivity index (χ2n) is 6.42. The Bertz CT molecular complexity index is 677. The van der Waals surface area contributed by atoms with Crippen molar-refractivity contribution in [3.8, 4) is 0 Å². The molecule has 4 nitrogen and oxygen atoms in total. The van der Waals surface area contributed by atoms with E-state index < -0.39 is 0 Å². The zero-order valence-corrected chi connectivity index (χ0v) is 13.8. The number of hydrogen-bond acceptors (Lipinski definition) is 3. The zero-order valence-electron chi connectivity index (χ0n) is 13.8. The minimum absolute atomic E-state index is 0.159. The van der Waals surface area contributed by atoms with Crippen LogP contribution in [-0.4, -0.2) is 24.0 Å². The van der Waals surface area contributed by atoms with Gasteiger partial charge in [-0.05, 0) is 48.6 Å². The molecule has 2 heterocycles. The first-order chi connectivity index (χ1) is 11.6. The second kappa shape index (κ2) is 7.43. The van der Waals surface area contributed by atoms with Crippen molar-refractivity contribution in [2.45, 2.75) is 26.2 Å². The van der Waals surface area contributed by atoms with E-state index in [0.29, 0.717) is 5.82 Å². The first kappa shape index (κ1) is 16.4. The van der Waals surface area contributed by atoms with Crippen molar-refractivity contribution in [2.24, 2.45) is 5.92 Å². The molecule has 1 aromatic heterocycles. The number of hydrogen-bond donors (Lipinski definition) is 1. The van der Waals surface area contributed by atoms with Gasteiger partial charge in [0.05, 0.1) is 18.3 Å². The van der Waals surface area contributed by atoms with Crippen molar-refractivity contribution >= 4 is 17.4 Å². The molecule has 3 rings (SSSR count). The summed E-state index contributed by atoms with van der Waals surface area (Å²) in [5.74, 6) is 0.868. The standard InChI is InChI=1S/C19H22FN3O/c1-14-8-10-23(11-9-14)17-6-7-18(21-13-17)22-19(24)12-15-2-4-16(20)5-3-15/h2-7,13-14H,8-12H2,1H3,(H,21,22,24). The van der Waals surface area contributed by atoms with Crippen LogP contribution in [0.5, 0.6) is 0 Å². The lowest BCUT2D eigenvalue weighted by Gasteiger charge is -2.31. The van der Waals surface area contributed by atoms with Gasteiger partial charge in [0.15, 0.2) is 0 Å². The molecule has 126 valence electrons. The number of nitrogens with one attached hydrogen (secondary N) is 1. The molecular weight excluding hydrogens is 305 g/mol. The molecule has 1 aliphatic heterocycles. The highest BCUT2D eigenvalue weighted by Gasteiger charge is 2.16. The molecule has 5 heteroatoms. The lowest BCUT2D eigenvalue weighted by Crippen LogP contribution is -2.32. The molecule has 0 unspecified atom stereocenters. The highest BCUT2D eigenvalue weighted by Crippen LogP contribution is 2.23. The van der Waals surface area contributed by atoms with Crippen LogP contribution in [0.25, 0.3) is 0 Å². The average Bonchev–Trinajstić information content (AvgIpc) is 2.58. The Kier molecular flexibility index (Phi) is 5.08. The number of benzene rings is 1. The van der Waals surface area contributed by atoms with Gasteiger partial charge < -0.3 is 10.2 Å². The summed E-state index contributed by atoms with van der Waals surface area (Å²) in [6.07, 6.45) is 4.42. The second-order valence-corrected chi connectivity index (χ2v) is 6.42. The van der Waals surface area contributed by atoms with Crippen LogP contribution in [0.3, 0.4) is 0 Å². The van der Waals surface area contributed by atoms with Gasteiger partial charge in [0.2, 0.25) is 5.91 Å². The van der Waals surface area contributed by atoms with Gasteiger partial charge in [-0.3, -0.25) is 4.79 Å². The summed E-state index contributed by atoms with van der Waals surface area (Å²) in [7, 11) is 0. The van der Waals surface area contributed by atoms with Crippen LogP contribution in [0.15, 0.2) is 42.6 Å². The van der Waals surface area contributed by atoms with Crippen molar-refractivity contribution < 1.29 is 9.18 Å². The van der Waals surface area contributed by atoms with Crippen LogP contribution in [0, 0.1) is 11.7 Å². The molecule has 1 aliphatic rings. The maximum Gasteiger partial charge on any atom is 0.229 e. The summed E-state index contributed by atoms with van der Waals surface area (Å²) in [6.45, 7) is 4.40. The predicted molar refractivity (Wildman–Crippen MR) is 93.6 cm³/mol. The zero-order chi connectivity index (χ0) is 16.9. The minimum atomic E-state index is -0.302. The van der Waals surface area contributed by atoms with E-state index in [2.05, 4.69) is 22.1 Å². The molecule has 0 radical (unpaired) electrons. The molecule has 1 N–H and O–H groups in total. The third kappa shape index (κ3) is 4.31. The average molecular weight is 327 g/mol. The molecule has 1 saturated heterocycles. The van der Waals surface area contributed by atoms with Crippen LogP contribution in [0.2, 0.25) is 0 Å². The molecule has 0 atom stereocenters. The first-order valence-corrected chi connectivity index (χ1v) is 8.35. The number of carbonyl (C=O) groups excluding carboxylic acids is 1. The third-order valence-corrected chi connectivity index (χ3v) is 4.44. The summed E-state index contributed by atoms with van der Waals surface area (Å²) in [5, 5.41) is 2.78.